The van der Waals surface area contributed by atoms with E-state index >= 15 is 0 Å². The summed E-state index contributed by atoms with van der Waals surface area (Å²) in [6.07, 6.45) is 1.98. The van der Waals surface area contributed by atoms with Crippen LogP contribution in [0.1, 0.15) is 47.5 Å². The van der Waals surface area contributed by atoms with E-state index < -0.39 is 5.54 Å². The van der Waals surface area contributed by atoms with Crippen LogP contribution in [0.15, 0.2) is 0 Å². The Kier molecular flexibility index (Phi) is 8.70. The first-order valence-electron chi connectivity index (χ1n) is 6.54. The van der Waals surface area contributed by atoms with Crippen molar-refractivity contribution < 1.29 is 9.53 Å². The Morgan fingerprint density at radius 2 is 2.06 bits per heavy atom. The molecule has 0 aliphatic carbocycles. The maximum absolute atomic E-state index is 12.0. The third-order valence-electron chi connectivity index (χ3n) is 2.60. The SMILES string of the molecule is CCCSC(C)CC(C)(NCC)C(=O)OCC. The number of likely N-dealkylation sites (N-methyl/N-ethyl adjacent to an activating group) is 1. The number of hydrogen-bond acceptors (Lipinski definition) is 4. The van der Waals surface area contributed by atoms with Gasteiger partial charge in [0.15, 0.2) is 0 Å². The lowest BCUT2D eigenvalue weighted by Crippen LogP contribution is -2.51. The second-order valence-electron chi connectivity index (χ2n) is 4.47. The fraction of sp³-hybridized carbons (Fsp3) is 0.923. The lowest BCUT2D eigenvalue weighted by Gasteiger charge is -2.30. The zero-order valence-electron chi connectivity index (χ0n) is 11.8. The number of esters is 1. The number of ether oxygens (including phenoxy) is 1. The molecule has 0 spiro atoms. The molecule has 0 rings (SSSR count). The highest BCUT2D eigenvalue weighted by Crippen LogP contribution is 2.23. The lowest BCUT2D eigenvalue weighted by atomic mass is 9.96. The summed E-state index contributed by atoms with van der Waals surface area (Å²) in [5, 5.41) is 3.72. The normalized spacial score (nSPS) is 16.3. The predicted octanol–water partition coefficient (Wildman–Crippen LogP) is 2.84. The van der Waals surface area contributed by atoms with Crippen molar-refractivity contribution in [3.8, 4) is 0 Å². The Hall–Kier alpha value is -0.220. The number of nitrogens with one attached hydrogen (secondary N) is 1. The van der Waals surface area contributed by atoms with Gasteiger partial charge in [-0.05, 0) is 39.0 Å². The van der Waals surface area contributed by atoms with Crippen molar-refractivity contribution in [2.24, 2.45) is 0 Å². The van der Waals surface area contributed by atoms with E-state index in [1.54, 1.807) is 0 Å². The van der Waals surface area contributed by atoms with Gasteiger partial charge in [-0.15, -0.1) is 0 Å². The van der Waals surface area contributed by atoms with E-state index in [2.05, 4.69) is 19.2 Å². The van der Waals surface area contributed by atoms with Gasteiger partial charge in [0, 0.05) is 5.25 Å². The van der Waals surface area contributed by atoms with E-state index in [4.69, 9.17) is 4.74 Å². The molecule has 102 valence electrons. The smallest absolute Gasteiger partial charge is 0.326 e. The summed E-state index contributed by atoms with van der Waals surface area (Å²) in [6.45, 7) is 11.4. The summed E-state index contributed by atoms with van der Waals surface area (Å²) in [6, 6.07) is 0. The van der Waals surface area contributed by atoms with Crippen molar-refractivity contribution in [1.82, 2.24) is 5.32 Å². The molecule has 0 saturated carbocycles. The molecule has 0 aliphatic rings. The number of carbonyl (C=O) groups excluding carboxylic acids is 1. The van der Waals surface area contributed by atoms with Crippen molar-refractivity contribution in [3.05, 3.63) is 0 Å². The van der Waals surface area contributed by atoms with E-state index in [-0.39, 0.29) is 5.97 Å². The van der Waals surface area contributed by atoms with Crippen molar-refractivity contribution >= 4 is 17.7 Å². The molecular formula is C13H27NO2S. The van der Waals surface area contributed by atoms with Crippen LogP contribution in [0.25, 0.3) is 0 Å². The quantitative estimate of drug-likeness (QED) is 0.648. The van der Waals surface area contributed by atoms with Gasteiger partial charge >= 0.3 is 5.97 Å². The van der Waals surface area contributed by atoms with Crippen LogP contribution in [0.5, 0.6) is 0 Å². The Morgan fingerprint density at radius 3 is 2.53 bits per heavy atom. The van der Waals surface area contributed by atoms with Crippen molar-refractivity contribution in [1.29, 1.82) is 0 Å². The summed E-state index contributed by atoms with van der Waals surface area (Å²) in [5.74, 6) is 1.01. The summed E-state index contributed by atoms with van der Waals surface area (Å²) in [7, 11) is 0. The third-order valence-corrected chi connectivity index (χ3v) is 3.97. The van der Waals surface area contributed by atoms with Crippen LogP contribution in [-0.2, 0) is 9.53 Å². The van der Waals surface area contributed by atoms with Crippen molar-refractivity contribution in [3.63, 3.8) is 0 Å². The first-order valence-corrected chi connectivity index (χ1v) is 7.58. The van der Waals surface area contributed by atoms with Crippen LogP contribution in [0.3, 0.4) is 0 Å². The molecule has 1 N–H and O–H groups in total. The van der Waals surface area contributed by atoms with Crippen LogP contribution in [0.4, 0.5) is 0 Å². The van der Waals surface area contributed by atoms with E-state index in [0.29, 0.717) is 11.9 Å². The lowest BCUT2D eigenvalue weighted by molar-refractivity contribution is -0.150. The fourth-order valence-electron chi connectivity index (χ4n) is 1.86. The van der Waals surface area contributed by atoms with E-state index in [1.165, 1.54) is 6.42 Å². The third kappa shape index (κ3) is 6.32. The Bertz CT molecular complexity index is 223. The monoisotopic (exact) mass is 261 g/mol. The molecule has 0 radical (unpaired) electrons. The molecule has 0 fully saturated rings. The molecule has 2 atom stereocenters. The van der Waals surface area contributed by atoms with Crippen LogP contribution >= 0.6 is 11.8 Å². The van der Waals surface area contributed by atoms with Gasteiger partial charge in [0.2, 0.25) is 0 Å². The molecule has 0 saturated heterocycles. The fourth-order valence-corrected chi connectivity index (χ4v) is 2.95. The van der Waals surface area contributed by atoms with Gasteiger partial charge in [0.1, 0.15) is 5.54 Å². The molecule has 0 amide bonds. The number of hydrogen-bond donors (Lipinski definition) is 1. The van der Waals surface area contributed by atoms with Crippen molar-refractivity contribution in [2.75, 3.05) is 18.9 Å². The number of rotatable bonds is 9. The van der Waals surface area contributed by atoms with E-state index in [9.17, 15) is 4.79 Å². The van der Waals surface area contributed by atoms with Gasteiger partial charge in [0.25, 0.3) is 0 Å². The highest BCUT2D eigenvalue weighted by Gasteiger charge is 2.35. The summed E-state index contributed by atoms with van der Waals surface area (Å²) in [5.41, 5.74) is -0.551. The molecule has 0 aromatic rings. The highest BCUT2D eigenvalue weighted by atomic mass is 32.2. The molecule has 0 aromatic carbocycles. The standard InChI is InChI=1S/C13H27NO2S/c1-6-9-17-11(4)10-13(5,14-7-2)12(15)16-8-3/h11,14H,6-10H2,1-5H3. The first kappa shape index (κ1) is 16.8. The molecule has 4 heteroatoms. The second-order valence-corrected chi connectivity index (χ2v) is 6.01. The largest absolute Gasteiger partial charge is 0.465 e. The van der Waals surface area contributed by atoms with Crippen LogP contribution < -0.4 is 5.32 Å². The number of thioether (sulfide) groups is 1. The molecule has 3 nitrogen and oxygen atoms in total. The highest BCUT2D eigenvalue weighted by molar-refractivity contribution is 7.99. The maximum Gasteiger partial charge on any atom is 0.326 e. The molecule has 0 aliphatic heterocycles. The molecule has 2 unspecified atom stereocenters. The summed E-state index contributed by atoms with van der Waals surface area (Å²) >= 11 is 1.92. The van der Waals surface area contributed by atoms with Gasteiger partial charge < -0.3 is 10.1 Å². The molecule has 0 bridgehead atoms. The minimum absolute atomic E-state index is 0.134. The predicted molar refractivity (Wildman–Crippen MR) is 75.5 cm³/mol. The minimum Gasteiger partial charge on any atom is -0.465 e. The average molecular weight is 261 g/mol. The maximum atomic E-state index is 12.0. The summed E-state index contributed by atoms with van der Waals surface area (Å²) in [4.78, 5) is 12.0. The molecular weight excluding hydrogens is 234 g/mol. The minimum atomic E-state index is -0.551. The van der Waals surface area contributed by atoms with Crippen molar-refractivity contribution in [2.45, 2.75) is 58.2 Å². The van der Waals surface area contributed by atoms with E-state index in [1.807, 2.05) is 32.5 Å². The zero-order valence-corrected chi connectivity index (χ0v) is 12.7. The molecule has 0 aromatic heterocycles. The number of carbonyl (C=O) groups is 1. The van der Waals surface area contributed by atoms with Gasteiger partial charge in [-0.1, -0.05) is 20.8 Å². The van der Waals surface area contributed by atoms with Gasteiger partial charge in [-0.3, -0.25) is 4.79 Å². The zero-order chi connectivity index (χ0) is 13.3. The Labute approximate surface area is 110 Å². The summed E-state index contributed by atoms with van der Waals surface area (Å²) < 4.78 is 5.15. The van der Waals surface area contributed by atoms with Gasteiger partial charge in [-0.25, -0.2) is 0 Å². The van der Waals surface area contributed by atoms with Gasteiger partial charge in [0.05, 0.1) is 6.61 Å². The van der Waals surface area contributed by atoms with Crippen LogP contribution in [0, 0.1) is 0 Å². The first-order chi connectivity index (χ1) is 8.00. The Balaban J connectivity index is 4.43. The van der Waals surface area contributed by atoms with E-state index in [0.717, 1.165) is 18.7 Å². The average Bonchev–Trinajstić information content (AvgIpc) is 2.27. The molecule has 17 heavy (non-hydrogen) atoms. The van der Waals surface area contributed by atoms with Gasteiger partial charge in [-0.2, -0.15) is 11.8 Å². The second kappa shape index (κ2) is 8.81. The van der Waals surface area contributed by atoms with Crippen LogP contribution in [0.2, 0.25) is 0 Å². The molecule has 0 heterocycles. The Morgan fingerprint density at radius 1 is 1.41 bits per heavy atom. The topological polar surface area (TPSA) is 38.3 Å². The van der Waals surface area contributed by atoms with Crippen LogP contribution in [-0.4, -0.2) is 35.7 Å².